The summed E-state index contributed by atoms with van der Waals surface area (Å²) in [6.45, 7) is 1.84. The van der Waals surface area contributed by atoms with Crippen LogP contribution in [0.4, 0.5) is 8.78 Å². The third kappa shape index (κ3) is 3.35. The number of carbonyl (C=O) groups excluding carboxylic acids is 1. The van der Waals surface area contributed by atoms with Crippen molar-refractivity contribution in [2.45, 2.75) is 32.3 Å². The summed E-state index contributed by atoms with van der Waals surface area (Å²) < 4.78 is 33.3. The van der Waals surface area contributed by atoms with Crippen molar-refractivity contribution < 1.29 is 18.3 Å². The molecule has 0 bridgehead atoms. The summed E-state index contributed by atoms with van der Waals surface area (Å²) in [7, 11) is 0. The molecule has 3 rings (SSSR count). The maximum absolute atomic E-state index is 14.0. The number of benzene rings is 2. The molecule has 0 heterocycles. The zero-order valence-corrected chi connectivity index (χ0v) is 12.3. The average molecular weight is 305 g/mol. The van der Waals surface area contributed by atoms with E-state index in [9.17, 15) is 13.6 Å². The molecule has 116 valence electrons. The van der Waals surface area contributed by atoms with Gasteiger partial charge in [-0.05, 0) is 59.9 Å². The third-order valence-electron chi connectivity index (χ3n) is 3.64. The first-order valence-corrected chi connectivity index (χ1v) is 7.35. The lowest BCUT2D eigenvalue weighted by Gasteiger charge is -2.11. The number of fused-ring (bicyclic) bond motifs is 1. The molecule has 1 fully saturated rings. The smallest absolute Gasteiger partial charge is 0.216 e. The van der Waals surface area contributed by atoms with E-state index in [1.807, 2.05) is 0 Å². The largest absolute Gasteiger partial charge is 0.487 e. The summed E-state index contributed by atoms with van der Waals surface area (Å²) in [5.41, 5.74) is 0.726. The Balaban J connectivity index is 1.95. The van der Waals surface area contributed by atoms with Crippen LogP contribution in [0.3, 0.4) is 0 Å². The lowest BCUT2D eigenvalue weighted by molar-refractivity contribution is -0.118. The SMILES string of the molecule is CC(=O)NCCc1cc(F)cc2cc(F)c(OC3CC3)cc12. The molecule has 5 heteroatoms. The van der Waals surface area contributed by atoms with Crippen molar-refractivity contribution in [2.75, 3.05) is 6.54 Å². The fraction of sp³-hybridized carbons (Fsp3) is 0.353. The second kappa shape index (κ2) is 5.91. The minimum atomic E-state index is -0.474. The highest BCUT2D eigenvalue weighted by Crippen LogP contribution is 2.33. The van der Waals surface area contributed by atoms with Crippen LogP contribution < -0.4 is 10.1 Å². The van der Waals surface area contributed by atoms with Crippen LogP contribution in [0.15, 0.2) is 24.3 Å². The van der Waals surface area contributed by atoms with Gasteiger partial charge in [-0.2, -0.15) is 0 Å². The van der Waals surface area contributed by atoms with Gasteiger partial charge in [0.2, 0.25) is 5.91 Å². The van der Waals surface area contributed by atoms with Gasteiger partial charge in [0.05, 0.1) is 6.10 Å². The molecule has 0 saturated heterocycles. The molecular formula is C17H17F2NO2. The number of carbonyl (C=O) groups is 1. The number of halogens is 2. The van der Waals surface area contributed by atoms with E-state index >= 15 is 0 Å². The molecule has 3 nitrogen and oxygen atoms in total. The van der Waals surface area contributed by atoms with Gasteiger partial charge in [-0.15, -0.1) is 0 Å². The molecular weight excluding hydrogens is 288 g/mol. The van der Waals surface area contributed by atoms with Gasteiger partial charge in [-0.3, -0.25) is 4.79 Å². The number of hydrogen-bond donors (Lipinski definition) is 1. The van der Waals surface area contributed by atoms with Crippen LogP contribution in [0.2, 0.25) is 0 Å². The summed E-state index contributed by atoms with van der Waals surface area (Å²) in [6.07, 6.45) is 2.45. The molecule has 1 saturated carbocycles. The molecule has 2 aromatic carbocycles. The first-order valence-electron chi connectivity index (χ1n) is 7.35. The number of nitrogens with one attached hydrogen (secondary N) is 1. The molecule has 1 amide bonds. The molecule has 2 aromatic rings. The van der Waals surface area contributed by atoms with Gasteiger partial charge in [0.15, 0.2) is 11.6 Å². The van der Waals surface area contributed by atoms with Crippen LogP contribution in [0.1, 0.15) is 25.3 Å². The monoisotopic (exact) mass is 305 g/mol. The van der Waals surface area contributed by atoms with E-state index in [1.165, 1.54) is 25.1 Å². The average Bonchev–Trinajstić information content (AvgIpc) is 3.23. The third-order valence-corrected chi connectivity index (χ3v) is 3.64. The molecule has 1 aliphatic carbocycles. The summed E-state index contributed by atoms with van der Waals surface area (Å²) in [5, 5.41) is 3.93. The molecule has 0 unspecified atom stereocenters. The predicted molar refractivity (Wildman–Crippen MR) is 79.9 cm³/mol. The lowest BCUT2D eigenvalue weighted by Crippen LogP contribution is -2.22. The molecule has 1 aliphatic rings. The minimum Gasteiger partial charge on any atom is -0.487 e. The number of ether oxygens (including phenoxy) is 1. The van der Waals surface area contributed by atoms with E-state index in [2.05, 4.69) is 5.32 Å². The zero-order chi connectivity index (χ0) is 15.7. The van der Waals surface area contributed by atoms with Gasteiger partial charge in [-0.25, -0.2) is 8.78 Å². The van der Waals surface area contributed by atoms with Crippen LogP contribution in [-0.2, 0) is 11.2 Å². The van der Waals surface area contributed by atoms with E-state index in [0.717, 1.165) is 23.8 Å². The number of hydrogen-bond acceptors (Lipinski definition) is 2. The van der Waals surface area contributed by atoms with E-state index < -0.39 is 11.6 Å². The van der Waals surface area contributed by atoms with Crippen LogP contribution in [0, 0.1) is 11.6 Å². The fourth-order valence-electron chi connectivity index (χ4n) is 2.44. The highest BCUT2D eigenvalue weighted by atomic mass is 19.1. The Morgan fingerprint density at radius 1 is 1.27 bits per heavy atom. The van der Waals surface area contributed by atoms with Gasteiger partial charge >= 0.3 is 0 Å². The Hall–Kier alpha value is -2.17. The predicted octanol–water partition coefficient (Wildman–Crippen LogP) is 3.34. The summed E-state index contributed by atoms with van der Waals surface area (Å²) in [4.78, 5) is 10.9. The standard InChI is InChI=1S/C17H17F2NO2/c1-10(21)20-5-4-11-6-13(18)7-12-8-16(19)17(9-15(11)12)22-14-2-3-14/h6-9,14H,2-5H2,1H3,(H,20,21). The van der Waals surface area contributed by atoms with Crippen molar-refractivity contribution in [3.63, 3.8) is 0 Å². The van der Waals surface area contributed by atoms with Crippen LogP contribution in [-0.4, -0.2) is 18.6 Å². The van der Waals surface area contributed by atoms with E-state index in [-0.39, 0.29) is 17.8 Å². The van der Waals surface area contributed by atoms with Gasteiger partial charge in [0.1, 0.15) is 5.82 Å². The summed E-state index contributed by atoms with van der Waals surface area (Å²) >= 11 is 0. The highest BCUT2D eigenvalue weighted by Gasteiger charge is 2.25. The first kappa shape index (κ1) is 14.8. The molecule has 0 spiro atoms. The molecule has 0 radical (unpaired) electrons. The zero-order valence-electron chi connectivity index (χ0n) is 12.3. The van der Waals surface area contributed by atoms with Crippen LogP contribution in [0.25, 0.3) is 10.8 Å². The second-order valence-electron chi connectivity index (χ2n) is 5.62. The first-order chi connectivity index (χ1) is 10.5. The summed E-state index contributed by atoms with van der Waals surface area (Å²) in [5.74, 6) is -0.815. The lowest BCUT2D eigenvalue weighted by atomic mass is 10.0. The van der Waals surface area contributed by atoms with Crippen LogP contribution in [0.5, 0.6) is 5.75 Å². The molecule has 1 N–H and O–H groups in total. The van der Waals surface area contributed by atoms with Crippen LogP contribution >= 0.6 is 0 Å². The van der Waals surface area contributed by atoms with Crippen molar-refractivity contribution in [1.82, 2.24) is 5.32 Å². The quantitative estimate of drug-likeness (QED) is 0.920. The highest BCUT2D eigenvalue weighted by molar-refractivity contribution is 5.87. The number of rotatable bonds is 5. The van der Waals surface area contributed by atoms with E-state index in [4.69, 9.17) is 4.74 Å². The minimum absolute atomic E-state index is 0.0928. The van der Waals surface area contributed by atoms with Gasteiger partial charge < -0.3 is 10.1 Å². The molecule has 0 atom stereocenters. The van der Waals surface area contributed by atoms with Crippen molar-refractivity contribution in [1.29, 1.82) is 0 Å². The van der Waals surface area contributed by atoms with Crippen molar-refractivity contribution in [2.24, 2.45) is 0 Å². The molecule has 0 aromatic heterocycles. The maximum atomic E-state index is 14.0. The fourth-order valence-corrected chi connectivity index (χ4v) is 2.44. The Kier molecular flexibility index (Phi) is 3.96. The van der Waals surface area contributed by atoms with Gasteiger partial charge in [0.25, 0.3) is 0 Å². The van der Waals surface area contributed by atoms with Crippen molar-refractivity contribution >= 4 is 16.7 Å². The Morgan fingerprint density at radius 3 is 2.73 bits per heavy atom. The molecule has 0 aliphatic heterocycles. The summed E-state index contributed by atoms with van der Waals surface area (Å²) in [6, 6.07) is 5.66. The van der Waals surface area contributed by atoms with Gasteiger partial charge in [-0.1, -0.05) is 0 Å². The molecule has 22 heavy (non-hydrogen) atoms. The van der Waals surface area contributed by atoms with Gasteiger partial charge in [0, 0.05) is 13.5 Å². The van der Waals surface area contributed by atoms with E-state index in [1.54, 1.807) is 6.07 Å². The Labute approximate surface area is 127 Å². The second-order valence-corrected chi connectivity index (χ2v) is 5.62. The van der Waals surface area contributed by atoms with Crippen molar-refractivity contribution in [3.05, 3.63) is 41.5 Å². The number of amides is 1. The Morgan fingerprint density at radius 2 is 2.05 bits per heavy atom. The topological polar surface area (TPSA) is 38.3 Å². The van der Waals surface area contributed by atoms with Crippen molar-refractivity contribution in [3.8, 4) is 5.75 Å². The Bertz CT molecular complexity index is 726. The van der Waals surface area contributed by atoms with E-state index in [0.29, 0.717) is 18.4 Å². The normalized spacial score (nSPS) is 14.1. The maximum Gasteiger partial charge on any atom is 0.216 e.